The summed E-state index contributed by atoms with van der Waals surface area (Å²) in [6.45, 7) is 2.58. The van der Waals surface area contributed by atoms with Crippen molar-refractivity contribution in [2.24, 2.45) is 0 Å². The van der Waals surface area contributed by atoms with E-state index >= 15 is 0 Å². The third kappa shape index (κ3) is 4.36. The lowest BCUT2D eigenvalue weighted by molar-refractivity contribution is 0.102. The number of rotatable bonds is 4. The summed E-state index contributed by atoms with van der Waals surface area (Å²) < 4.78 is 25.9. The van der Waals surface area contributed by atoms with Gasteiger partial charge in [0.25, 0.3) is 5.91 Å². The van der Waals surface area contributed by atoms with Crippen LogP contribution in [0.15, 0.2) is 42.5 Å². The minimum absolute atomic E-state index is 0.139. The molecule has 2 aliphatic heterocycles. The number of sulfonamides is 1. The van der Waals surface area contributed by atoms with Crippen LogP contribution < -0.4 is 14.5 Å². The largest absolute Gasteiger partial charge is 0.372 e. The average molecular weight is 434 g/mol. The van der Waals surface area contributed by atoms with Gasteiger partial charge in [-0.2, -0.15) is 0 Å². The van der Waals surface area contributed by atoms with Gasteiger partial charge in [0, 0.05) is 31.0 Å². The third-order valence-corrected chi connectivity index (χ3v) is 7.61. The van der Waals surface area contributed by atoms with Gasteiger partial charge >= 0.3 is 0 Å². The molecule has 0 radical (unpaired) electrons. The second-order valence-corrected chi connectivity index (χ2v) is 9.87. The van der Waals surface area contributed by atoms with Crippen molar-refractivity contribution in [2.45, 2.75) is 25.7 Å². The van der Waals surface area contributed by atoms with Gasteiger partial charge in [-0.15, -0.1) is 0 Å². The van der Waals surface area contributed by atoms with Crippen molar-refractivity contribution >= 4 is 44.6 Å². The van der Waals surface area contributed by atoms with Crippen molar-refractivity contribution in [1.29, 1.82) is 0 Å². The smallest absolute Gasteiger partial charge is 0.257 e. The Balaban J connectivity index is 1.47. The van der Waals surface area contributed by atoms with E-state index in [2.05, 4.69) is 10.2 Å². The molecule has 2 aliphatic rings. The van der Waals surface area contributed by atoms with Crippen LogP contribution in [0.5, 0.6) is 0 Å². The molecule has 0 saturated carbocycles. The minimum Gasteiger partial charge on any atom is -0.372 e. The molecule has 4 rings (SSSR count). The van der Waals surface area contributed by atoms with Crippen LogP contribution >= 0.6 is 11.6 Å². The topological polar surface area (TPSA) is 69.7 Å². The number of nitrogens with one attached hydrogen (secondary N) is 1. The maximum Gasteiger partial charge on any atom is 0.257 e. The van der Waals surface area contributed by atoms with Crippen LogP contribution in [0.1, 0.15) is 36.0 Å². The fraction of sp³-hybridized carbons (Fsp3) is 0.381. The fourth-order valence-electron chi connectivity index (χ4n) is 3.85. The highest BCUT2D eigenvalue weighted by atomic mass is 35.5. The molecule has 0 bridgehead atoms. The minimum atomic E-state index is -3.32. The molecule has 1 N–H and O–H groups in total. The number of amides is 1. The number of nitrogens with zero attached hydrogens (tertiary/aromatic N) is 2. The average Bonchev–Trinajstić information content (AvgIpc) is 3.23. The Hall–Kier alpha value is -2.25. The highest BCUT2D eigenvalue weighted by Crippen LogP contribution is 2.29. The van der Waals surface area contributed by atoms with Crippen molar-refractivity contribution in [3.05, 3.63) is 53.1 Å². The van der Waals surface area contributed by atoms with Crippen LogP contribution in [0.4, 0.5) is 17.1 Å². The molecule has 0 atom stereocenters. The predicted octanol–water partition coefficient (Wildman–Crippen LogP) is 4.12. The molecule has 0 spiro atoms. The Morgan fingerprint density at radius 2 is 1.55 bits per heavy atom. The van der Waals surface area contributed by atoms with Crippen molar-refractivity contribution in [1.82, 2.24) is 0 Å². The number of benzene rings is 2. The van der Waals surface area contributed by atoms with E-state index in [0.29, 0.717) is 29.9 Å². The quantitative estimate of drug-likeness (QED) is 0.787. The molecule has 0 aliphatic carbocycles. The molecule has 2 fully saturated rings. The van der Waals surface area contributed by atoms with E-state index in [9.17, 15) is 13.2 Å². The van der Waals surface area contributed by atoms with E-state index in [1.54, 1.807) is 18.2 Å². The Morgan fingerprint density at radius 3 is 2.21 bits per heavy atom. The van der Waals surface area contributed by atoms with Crippen LogP contribution in [-0.2, 0) is 10.0 Å². The lowest BCUT2D eigenvalue weighted by Crippen LogP contribution is -2.37. The summed E-state index contributed by atoms with van der Waals surface area (Å²) in [5, 5.41) is 3.09. The Morgan fingerprint density at radius 1 is 0.897 bits per heavy atom. The summed E-state index contributed by atoms with van der Waals surface area (Å²) in [6, 6.07) is 12.5. The maximum absolute atomic E-state index is 12.7. The summed E-state index contributed by atoms with van der Waals surface area (Å²) in [5.41, 5.74) is 2.66. The van der Waals surface area contributed by atoms with Crippen molar-refractivity contribution in [2.75, 3.05) is 39.9 Å². The van der Waals surface area contributed by atoms with E-state index in [1.165, 1.54) is 17.1 Å². The lowest BCUT2D eigenvalue weighted by atomic mass is 10.1. The predicted molar refractivity (Wildman–Crippen MR) is 118 cm³/mol. The van der Waals surface area contributed by atoms with E-state index in [-0.39, 0.29) is 16.7 Å². The summed E-state index contributed by atoms with van der Waals surface area (Å²) in [4.78, 5) is 15.0. The van der Waals surface area contributed by atoms with Crippen LogP contribution in [0.2, 0.25) is 5.02 Å². The highest BCUT2D eigenvalue weighted by molar-refractivity contribution is 7.92. The monoisotopic (exact) mass is 433 g/mol. The van der Waals surface area contributed by atoms with E-state index in [4.69, 9.17) is 11.6 Å². The molecule has 0 aromatic heterocycles. The Labute approximate surface area is 176 Å². The number of anilines is 3. The Bertz CT molecular complexity index is 1000. The molecular weight excluding hydrogens is 410 g/mol. The third-order valence-electron chi connectivity index (χ3n) is 5.43. The zero-order valence-electron chi connectivity index (χ0n) is 16.1. The van der Waals surface area contributed by atoms with Gasteiger partial charge in [-0.1, -0.05) is 11.6 Å². The van der Waals surface area contributed by atoms with Gasteiger partial charge < -0.3 is 10.2 Å². The van der Waals surface area contributed by atoms with Gasteiger partial charge in [0.15, 0.2) is 0 Å². The number of hydrogen-bond acceptors (Lipinski definition) is 4. The van der Waals surface area contributed by atoms with Crippen LogP contribution in [0.3, 0.4) is 0 Å². The van der Waals surface area contributed by atoms with Crippen molar-refractivity contribution < 1.29 is 13.2 Å². The standard InChI is InChI=1S/C21H24ClN3O3S/c22-20-15-18(25-13-3-4-14-29(25,27)28)9-10-19(20)21(26)23-16-5-7-17(8-6-16)24-11-1-2-12-24/h5-10,15H,1-4,11-14H2,(H,23,26). The summed E-state index contributed by atoms with van der Waals surface area (Å²) in [6.07, 6.45) is 3.91. The highest BCUT2D eigenvalue weighted by Gasteiger charge is 2.26. The molecule has 2 saturated heterocycles. The second-order valence-electron chi connectivity index (χ2n) is 7.45. The lowest BCUT2D eigenvalue weighted by Gasteiger charge is -2.28. The Kier molecular flexibility index (Phi) is 5.69. The molecule has 2 aromatic carbocycles. The van der Waals surface area contributed by atoms with Crippen LogP contribution in [-0.4, -0.2) is 39.7 Å². The molecule has 154 valence electrons. The molecule has 29 heavy (non-hydrogen) atoms. The molecule has 2 aromatic rings. The molecule has 6 nitrogen and oxygen atoms in total. The molecular formula is C21H24ClN3O3S. The first kappa shape index (κ1) is 20.0. The first-order chi connectivity index (χ1) is 13.9. The normalized spacial score (nSPS) is 18.7. The molecule has 2 heterocycles. The number of carbonyl (C=O) groups excluding carboxylic acids is 1. The van der Waals surface area contributed by atoms with Gasteiger partial charge in [0.2, 0.25) is 10.0 Å². The first-order valence-electron chi connectivity index (χ1n) is 9.90. The van der Waals surface area contributed by atoms with Gasteiger partial charge in [-0.3, -0.25) is 9.10 Å². The van der Waals surface area contributed by atoms with Gasteiger partial charge in [-0.25, -0.2) is 8.42 Å². The van der Waals surface area contributed by atoms with E-state index in [1.807, 2.05) is 24.3 Å². The van der Waals surface area contributed by atoms with E-state index < -0.39 is 10.0 Å². The second kappa shape index (κ2) is 8.24. The van der Waals surface area contributed by atoms with Crippen molar-refractivity contribution in [3.8, 4) is 0 Å². The zero-order chi connectivity index (χ0) is 20.4. The maximum atomic E-state index is 12.7. The summed E-state index contributed by atoms with van der Waals surface area (Å²) >= 11 is 6.33. The van der Waals surface area contributed by atoms with Crippen molar-refractivity contribution in [3.63, 3.8) is 0 Å². The van der Waals surface area contributed by atoms with Gasteiger partial charge in [-0.05, 0) is 68.1 Å². The SMILES string of the molecule is O=C(Nc1ccc(N2CCCC2)cc1)c1ccc(N2CCCCS2(=O)=O)cc1Cl. The molecule has 1 amide bonds. The zero-order valence-corrected chi connectivity index (χ0v) is 17.7. The first-order valence-corrected chi connectivity index (χ1v) is 11.9. The molecule has 8 heteroatoms. The van der Waals surface area contributed by atoms with Crippen LogP contribution in [0, 0.1) is 0 Å². The molecule has 0 unspecified atom stereocenters. The fourth-order valence-corrected chi connectivity index (χ4v) is 5.74. The number of carbonyl (C=O) groups is 1. The number of hydrogen-bond donors (Lipinski definition) is 1. The van der Waals surface area contributed by atoms with Crippen LogP contribution in [0.25, 0.3) is 0 Å². The summed E-state index contributed by atoms with van der Waals surface area (Å²) in [5.74, 6) is -0.183. The van der Waals surface area contributed by atoms with Gasteiger partial charge in [0.1, 0.15) is 0 Å². The summed E-state index contributed by atoms with van der Waals surface area (Å²) in [7, 11) is -3.32. The number of halogens is 1. The van der Waals surface area contributed by atoms with E-state index in [0.717, 1.165) is 25.2 Å². The van der Waals surface area contributed by atoms with Gasteiger partial charge in [0.05, 0.1) is 22.0 Å².